The summed E-state index contributed by atoms with van der Waals surface area (Å²) in [5.41, 5.74) is 5.82. The third-order valence-electron chi connectivity index (χ3n) is 2.63. The van der Waals surface area contributed by atoms with Gasteiger partial charge in [0.2, 0.25) is 5.91 Å². The zero-order valence-electron chi connectivity index (χ0n) is 10.5. The van der Waals surface area contributed by atoms with Crippen molar-refractivity contribution in [1.29, 1.82) is 0 Å². The molecule has 0 bridgehead atoms. The molecule has 19 heavy (non-hydrogen) atoms. The van der Waals surface area contributed by atoms with E-state index >= 15 is 0 Å². The Morgan fingerprint density at radius 3 is 2.21 bits per heavy atom. The molecule has 0 unspecified atom stereocenters. The van der Waals surface area contributed by atoms with Crippen LogP contribution in [0, 0.1) is 0 Å². The highest BCUT2D eigenvalue weighted by Gasteiger charge is 2.10. The van der Waals surface area contributed by atoms with Crippen molar-refractivity contribution < 1.29 is 4.79 Å². The van der Waals surface area contributed by atoms with E-state index in [0.717, 1.165) is 25.7 Å². The number of hydrogen-bond donors (Lipinski definition) is 2. The second-order valence-electron chi connectivity index (χ2n) is 4.25. The van der Waals surface area contributed by atoms with Gasteiger partial charge >= 0.3 is 0 Å². The van der Waals surface area contributed by atoms with Gasteiger partial charge in [0.25, 0.3) is 0 Å². The number of amides is 1. The first-order valence-corrected chi connectivity index (χ1v) is 7.32. The van der Waals surface area contributed by atoms with Gasteiger partial charge in [-0.25, -0.2) is 0 Å². The van der Waals surface area contributed by atoms with Crippen molar-refractivity contribution in [2.75, 3.05) is 11.9 Å². The maximum Gasteiger partial charge on any atom is 0.224 e. The van der Waals surface area contributed by atoms with E-state index in [1.54, 1.807) is 12.1 Å². The Morgan fingerprint density at radius 2 is 1.63 bits per heavy atom. The molecule has 1 rings (SSSR count). The lowest BCUT2D eigenvalue weighted by atomic mass is 10.1. The molecule has 0 aromatic heterocycles. The van der Waals surface area contributed by atoms with E-state index in [0.29, 0.717) is 33.7 Å². The minimum Gasteiger partial charge on any atom is -0.330 e. The zero-order chi connectivity index (χ0) is 14.3. The molecule has 0 heterocycles. The summed E-state index contributed by atoms with van der Waals surface area (Å²) in [5.74, 6) is -0.0983. The Labute approximate surface area is 128 Å². The highest BCUT2D eigenvalue weighted by atomic mass is 35.5. The summed E-state index contributed by atoms with van der Waals surface area (Å²) in [4.78, 5) is 11.7. The van der Waals surface area contributed by atoms with E-state index in [2.05, 4.69) is 5.32 Å². The summed E-state index contributed by atoms with van der Waals surface area (Å²) in [6, 6.07) is 3.09. The fourth-order valence-electron chi connectivity index (χ4n) is 1.65. The SMILES string of the molecule is NCCCCCCC(=O)Nc1c(Cl)cc(Cl)cc1Cl. The van der Waals surface area contributed by atoms with Crippen LogP contribution in [0.15, 0.2) is 12.1 Å². The number of halogens is 3. The average Bonchev–Trinajstić information content (AvgIpc) is 2.33. The number of carbonyl (C=O) groups is 1. The third-order valence-corrected chi connectivity index (χ3v) is 3.44. The number of hydrogen-bond acceptors (Lipinski definition) is 2. The van der Waals surface area contributed by atoms with E-state index in [1.807, 2.05) is 0 Å². The fourth-order valence-corrected chi connectivity index (χ4v) is 2.56. The minimum atomic E-state index is -0.0983. The van der Waals surface area contributed by atoms with E-state index in [-0.39, 0.29) is 5.91 Å². The van der Waals surface area contributed by atoms with Crippen molar-refractivity contribution in [3.8, 4) is 0 Å². The molecule has 0 aliphatic heterocycles. The average molecular weight is 324 g/mol. The van der Waals surface area contributed by atoms with E-state index in [1.165, 1.54) is 0 Å². The Bertz CT molecular complexity index is 415. The van der Waals surface area contributed by atoms with Crippen LogP contribution in [0.25, 0.3) is 0 Å². The standard InChI is InChI=1S/C13H17Cl3N2O/c14-9-7-10(15)13(11(16)8-9)18-12(19)5-3-1-2-4-6-17/h7-8H,1-6,17H2,(H,18,19). The van der Waals surface area contributed by atoms with Gasteiger partial charge in [0, 0.05) is 11.4 Å². The molecule has 0 fully saturated rings. The zero-order valence-corrected chi connectivity index (χ0v) is 12.8. The van der Waals surface area contributed by atoms with Crippen LogP contribution in [0.4, 0.5) is 5.69 Å². The molecule has 3 N–H and O–H groups in total. The summed E-state index contributed by atoms with van der Waals surface area (Å²) >= 11 is 17.8. The van der Waals surface area contributed by atoms with Gasteiger partial charge in [-0.1, -0.05) is 47.6 Å². The lowest BCUT2D eigenvalue weighted by molar-refractivity contribution is -0.116. The van der Waals surface area contributed by atoms with Crippen molar-refractivity contribution in [3.05, 3.63) is 27.2 Å². The van der Waals surface area contributed by atoms with Crippen LogP contribution in [0.1, 0.15) is 32.1 Å². The van der Waals surface area contributed by atoms with Crippen LogP contribution < -0.4 is 11.1 Å². The maximum atomic E-state index is 11.7. The van der Waals surface area contributed by atoms with Gasteiger partial charge in [0.15, 0.2) is 0 Å². The fraction of sp³-hybridized carbons (Fsp3) is 0.462. The summed E-state index contributed by atoms with van der Waals surface area (Å²) < 4.78 is 0. The number of carbonyl (C=O) groups excluding carboxylic acids is 1. The molecule has 0 spiro atoms. The van der Waals surface area contributed by atoms with Crippen LogP contribution in [0.2, 0.25) is 15.1 Å². The molecule has 0 radical (unpaired) electrons. The molecule has 1 amide bonds. The minimum absolute atomic E-state index is 0.0983. The normalized spacial score (nSPS) is 10.5. The molecule has 0 aliphatic rings. The Kier molecular flexibility index (Phi) is 7.54. The first kappa shape index (κ1) is 16.6. The molecular weight excluding hydrogens is 307 g/mol. The first-order chi connectivity index (χ1) is 9.04. The molecule has 1 aromatic rings. The summed E-state index contributed by atoms with van der Waals surface area (Å²) in [6.45, 7) is 0.697. The molecule has 0 saturated carbocycles. The van der Waals surface area contributed by atoms with Crippen molar-refractivity contribution >= 4 is 46.4 Å². The van der Waals surface area contributed by atoms with Gasteiger partial charge in [-0.2, -0.15) is 0 Å². The molecule has 0 aliphatic carbocycles. The number of nitrogens with two attached hydrogens (primary N) is 1. The third kappa shape index (κ3) is 6.00. The quantitative estimate of drug-likeness (QED) is 0.726. The van der Waals surface area contributed by atoms with Gasteiger partial charge in [0.1, 0.15) is 0 Å². The molecule has 0 saturated heterocycles. The van der Waals surface area contributed by atoms with Crippen molar-refractivity contribution in [2.45, 2.75) is 32.1 Å². The number of nitrogens with one attached hydrogen (secondary N) is 1. The van der Waals surface area contributed by atoms with Gasteiger partial charge in [0.05, 0.1) is 15.7 Å². The van der Waals surface area contributed by atoms with Gasteiger partial charge in [-0.3, -0.25) is 4.79 Å². The predicted molar refractivity (Wildman–Crippen MR) is 82.2 cm³/mol. The maximum absolute atomic E-state index is 11.7. The monoisotopic (exact) mass is 322 g/mol. The van der Waals surface area contributed by atoms with Gasteiger partial charge in [-0.05, 0) is 31.5 Å². The van der Waals surface area contributed by atoms with E-state index in [9.17, 15) is 4.79 Å². The molecule has 1 aromatic carbocycles. The lowest BCUT2D eigenvalue weighted by Crippen LogP contribution is -2.12. The largest absolute Gasteiger partial charge is 0.330 e. The second-order valence-corrected chi connectivity index (χ2v) is 5.50. The predicted octanol–water partition coefficient (Wildman–Crippen LogP) is 4.49. The highest BCUT2D eigenvalue weighted by Crippen LogP contribution is 2.33. The molecule has 106 valence electrons. The van der Waals surface area contributed by atoms with Crippen LogP contribution in [-0.4, -0.2) is 12.5 Å². The van der Waals surface area contributed by atoms with E-state index < -0.39 is 0 Å². The van der Waals surface area contributed by atoms with Crippen molar-refractivity contribution in [3.63, 3.8) is 0 Å². The molecule has 0 atom stereocenters. The van der Waals surface area contributed by atoms with Gasteiger partial charge in [-0.15, -0.1) is 0 Å². The topological polar surface area (TPSA) is 55.1 Å². The summed E-state index contributed by atoms with van der Waals surface area (Å²) in [5, 5.41) is 3.83. The lowest BCUT2D eigenvalue weighted by Gasteiger charge is -2.09. The van der Waals surface area contributed by atoms with E-state index in [4.69, 9.17) is 40.5 Å². The molecule has 3 nitrogen and oxygen atoms in total. The van der Waals surface area contributed by atoms with Crippen LogP contribution in [0.3, 0.4) is 0 Å². The van der Waals surface area contributed by atoms with Crippen molar-refractivity contribution in [2.24, 2.45) is 5.73 Å². The van der Waals surface area contributed by atoms with Gasteiger partial charge < -0.3 is 11.1 Å². The van der Waals surface area contributed by atoms with Crippen LogP contribution in [0.5, 0.6) is 0 Å². The number of anilines is 1. The molecule has 6 heteroatoms. The number of benzene rings is 1. The summed E-state index contributed by atoms with van der Waals surface area (Å²) in [6.07, 6.45) is 4.31. The Balaban J connectivity index is 2.44. The smallest absolute Gasteiger partial charge is 0.224 e. The second kappa shape index (κ2) is 8.64. The van der Waals surface area contributed by atoms with Crippen molar-refractivity contribution in [1.82, 2.24) is 0 Å². The Hall–Kier alpha value is -0.480. The molecular formula is C13H17Cl3N2O. The van der Waals surface area contributed by atoms with Crippen LogP contribution >= 0.6 is 34.8 Å². The number of unbranched alkanes of at least 4 members (excludes halogenated alkanes) is 3. The number of rotatable bonds is 7. The first-order valence-electron chi connectivity index (χ1n) is 6.19. The summed E-state index contributed by atoms with van der Waals surface area (Å²) in [7, 11) is 0. The Morgan fingerprint density at radius 1 is 1.05 bits per heavy atom. The highest BCUT2D eigenvalue weighted by molar-refractivity contribution is 6.42. The van der Waals surface area contributed by atoms with Crippen LogP contribution in [-0.2, 0) is 4.79 Å².